The molecule has 0 aromatic heterocycles. The largest absolute Gasteiger partial charge is 0.497 e. The number of hydrogen-bond donors (Lipinski definition) is 0. The first-order chi connectivity index (χ1) is 18.2. The van der Waals surface area contributed by atoms with Gasteiger partial charge in [-0.1, -0.05) is 48.9 Å². The molecular weight excluding hydrogens is 458 g/mol. The lowest BCUT2D eigenvalue weighted by atomic mass is 9.89. The predicted molar refractivity (Wildman–Crippen MR) is 153 cm³/mol. The lowest BCUT2D eigenvalue weighted by molar-refractivity contribution is 0.216. The maximum Gasteiger partial charge on any atom is 0.119 e. The van der Waals surface area contributed by atoms with E-state index in [0.29, 0.717) is 0 Å². The van der Waals surface area contributed by atoms with Crippen molar-refractivity contribution < 1.29 is 14.2 Å². The number of unbranched alkanes of at least 4 members (excludes halogenated alkanes) is 1. The molecule has 4 heteroatoms. The number of likely N-dealkylation sites (tertiary alicyclic amines) is 1. The number of ether oxygens (including phenoxy) is 3. The Morgan fingerprint density at radius 2 is 1.46 bits per heavy atom. The molecule has 0 saturated carbocycles. The monoisotopic (exact) mass is 495 g/mol. The summed E-state index contributed by atoms with van der Waals surface area (Å²) in [5.41, 5.74) is 4.67. The Morgan fingerprint density at radius 1 is 0.676 bits per heavy atom. The fourth-order valence-corrected chi connectivity index (χ4v) is 5.31. The van der Waals surface area contributed by atoms with Gasteiger partial charge in [0, 0.05) is 0 Å². The molecular formula is C33H37NO3. The second kappa shape index (κ2) is 12.2. The van der Waals surface area contributed by atoms with Gasteiger partial charge in [-0.2, -0.15) is 0 Å². The van der Waals surface area contributed by atoms with Crippen LogP contribution < -0.4 is 14.2 Å². The molecule has 1 aliphatic rings. The summed E-state index contributed by atoms with van der Waals surface area (Å²) in [6.45, 7) is 4.45. The lowest BCUT2D eigenvalue weighted by Crippen LogP contribution is -2.30. The minimum Gasteiger partial charge on any atom is -0.497 e. The Kier molecular flexibility index (Phi) is 8.27. The quantitative estimate of drug-likeness (QED) is 0.210. The zero-order valence-corrected chi connectivity index (χ0v) is 22.0. The molecule has 1 aliphatic heterocycles. The van der Waals surface area contributed by atoms with Crippen molar-refractivity contribution in [2.75, 3.05) is 40.5 Å². The van der Waals surface area contributed by atoms with Gasteiger partial charge in [-0.25, -0.2) is 0 Å². The Bertz CT molecular complexity index is 1310. The van der Waals surface area contributed by atoms with E-state index in [2.05, 4.69) is 65.6 Å². The van der Waals surface area contributed by atoms with Gasteiger partial charge in [0.05, 0.1) is 20.8 Å². The van der Waals surface area contributed by atoms with Gasteiger partial charge >= 0.3 is 0 Å². The molecule has 5 rings (SSSR count). The van der Waals surface area contributed by atoms with E-state index in [1.807, 2.05) is 18.2 Å². The van der Waals surface area contributed by atoms with Gasteiger partial charge in [0.2, 0.25) is 0 Å². The topological polar surface area (TPSA) is 30.9 Å². The standard InChI is InChI=1S/C33H37NO3/c1-35-28-14-11-25(12-15-28)31-17-13-26-23-29(36-2)16-18-32(26)33(31)27-9-8-10-30(24-27)37-22-7-6-21-34-19-4-3-5-20-34/h8-18,23-24H,3-7,19-22H2,1-2H3. The van der Waals surface area contributed by atoms with Crippen LogP contribution >= 0.6 is 0 Å². The number of methoxy groups -OCH3 is 2. The molecule has 0 amide bonds. The van der Waals surface area contributed by atoms with Crippen LogP contribution in [0.1, 0.15) is 32.1 Å². The Labute approximate surface area is 220 Å². The van der Waals surface area contributed by atoms with Gasteiger partial charge in [-0.3, -0.25) is 0 Å². The van der Waals surface area contributed by atoms with Crippen LogP contribution in [0.25, 0.3) is 33.0 Å². The van der Waals surface area contributed by atoms with Gasteiger partial charge in [0.15, 0.2) is 0 Å². The number of benzene rings is 4. The zero-order valence-electron chi connectivity index (χ0n) is 22.0. The summed E-state index contributed by atoms with van der Waals surface area (Å²) in [7, 11) is 3.41. The normalized spacial score (nSPS) is 14.0. The molecule has 4 nitrogen and oxygen atoms in total. The fourth-order valence-electron chi connectivity index (χ4n) is 5.31. The van der Waals surface area contributed by atoms with Crippen molar-refractivity contribution in [2.45, 2.75) is 32.1 Å². The van der Waals surface area contributed by atoms with Crippen molar-refractivity contribution in [3.63, 3.8) is 0 Å². The molecule has 1 saturated heterocycles. The second-order valence-corrected chi connectivity index (χ2v) is 9.79. The molecule has 0 N–H and O–H groups in total. The second-order valence-electron chi connectivity index (χ2n) is 9.79. The highest BCUT2D eigenvalue weighted by Crippen LogP contribution is 2.40. The van der Waals surface area contributed by atoms with E-state index in [1.54, 1.807) is 14.2 Å². The molecule has 0 atom stereocenters. The van der Waals surface area contributed by atoms with Crippen molar-refractivity contribution in [1.29, 1.82) is 0 Å². The van der Waals surface area contributed by atoms with Crippen molar-refractivity contribution in [1.82, 2.24) is 4.90 Å². The molecule has 4 aromatic rings. The van der Waals surface area contributed by atoms with Crippen molar-refractivity contribution in [3.05, 3.63) is 78.9 Å². The van der Waals surface area contributed by atoms with E-state index >= 15 is 0 Å². The summed E-state index contributed by atoms with van der Waals surface area (Å²) < 4.78 is 17.1. The number of rotatable bonds is 10. The van der Waals surface area contributed by atoms with E-state index in [4.69, 9.17) is 14.2 Å². The van der Waals surface area contributed by atoms with Gasteiger partial charge in [-0.15, -0.1) is 0 Å². The maximum absolute atomic E-state index is 6.23. The van der Waals surface area contributed by atoms with Crippen LogP contribution in [0, 0.1) is 0 Å². The molecule has 0 radical (unpaired) electrons. The Morgan fingerprint density at radius 3 is 2.24 bits per heavy atom. The third kappa shape index (κ3) is 6.08. The highest BCUT2D eigenvalue weighted by molar-refractivity contribution is 6.04. The van der Waals surface area contributed by atoms with E-state index in [1.165, 1.54) is 61.8 Å². The SMILES string of the molecule is COc1ccc(-c2ccc3cc(OC)ccc3c2-c2cccc(OCCCCN3CCCCC3)c2)cc1. The van der Waals surface area contributed by atoms with Gasteiger partial charge in [0.1, 0.15) is 17.2 Å². The molecule has 1 heterocycles. The van der Waals surface area contributed by atoms with Crippen molar-refractivity contribution in [2.24, 2.45) is 0 Å². The van der Waals surface area contributed by atoms with Gasteiger partial charge in [-0.05, 0) is 115 Å². The molecule has 0 unspecified atom stereocenters. The summed E-state index contributed by atoms with van der Waals surface area (Å²) in [5.74, 6) is 2.63. The van der Waals surface area contributed by atoms with Crippen molar-refractivity contribution >= 4 is 10.8 Å². The summed E-state index contributed by atoms with van der Waals surface area (Å²) in [6, 6.07) is 27.4. The minimum atomic E-state index is 0.745. The predicted octanol–water partition coefficient (Wildman–Crippen LogP) is 7.84. The van der Waals surface area contributed by atoms with Crippen LogP contribution in [0.2, 0.25) is 0 Å². The summed E-state index contributed by atoms with van der Waals surface area (Å²) in [4.78, 5) is 2.60. The Hall–Kier alpha value is -3.50. The van der Waals surface area contributed by atoms with E-state index < -0.39 is 0 Å². The molecule has 1 fully saturated rings. The van der Waals surface area contributed by atoms with Crippen LogP contribution in [0.15, 0.2) is 78.9 Å². The molecule has 0 aliphatic carbocycles. The number of piperidine rings is 1. The highest BCUT2D eigenvalue weighted by atomic mass is 16.5. The maximum atomic E-state index is 6.23. The molecule has 4 aromatic carbocycles. The van der Waals surface area contributed by atoms with E-state index in [9.17, 15) is 0 Å². The van der Waals surface area contributed by atoms with Gasteiger partial charge < -0.3 is 19.1 Å². The number of hydrogen-bond acceptors (Lipinski definition) is 4. The average Bonchev–Trinajstić information content (AvgIpc) is 2.97. The first kappa shape index (κ1) is 25.2. The summed E-state index contributed by atoms with van der Waals surface area (Å²) in [6.07, 6.45) is 6.35. The van der Waals surface area contributed by atoms with Crippen LogP contribution in [-0.2, 0) is 0 Å². The third-order valence-electron chi connectivity index (χ3n) is 7.34. The Balaban J connectivity index is 1.40. The molecule has 0 spiro atoms. The van der Waals surface area contributed by atoms with Crippen LogP contribution in [0.5, 0.6) is 17.2 Å². The smallest absolute Gasteiger partial charge is 0.119 e. The lowest BCUT2D eigenvalue weighted by Gasteiger charge is -2.26. The van der Waals surface area contributed by atoms with Crippen LogP contribution in [0.4, 0.5) is 0 Å². The summed E-state index contributed by atoms with van der Waals surface area (Å²) in [5, 5.41) is 2.34. The highest BCUT2D eigenvalue weighted by Gasteiger charge is 2.14. The van der Waals surface area contributed by atoms with E-state index in [0.717, 1.165) is 46.8 Å². The molecule has 192 valence electrons. The van der Waals surface area contributed by atoms with Crippen LogP contribution in [0.3, 0.4) is 0 Å². The summed E-state index contributed by atoms with van der Waals surface area (Å²) >= 11 is 0. The van der Waals surface area contributed by atoms with Crippen LogP contribution in [-0.4, -0.2) is 45.4 Å². The third-order valence-corrected chi connectivity index (χ3v) is 7.34. The number of nitrogens with zero attached hydrogens (tertiary/aromatic N) is 1. The first-order valence-electron chi connectivity index (χ1n) is 13.5. The first-order valence-corrected chi connectivity index (χ1v) is 13.5. The van der Waals surface area contributed by atoms with Crippen molar-refractivity contribution in [3.8, 4) is 39.5 Å². The molecule has 0 bridgehead atoms. The van der Waals surface area contributed by atoms with E-state index in [-0.39, 0.29) is 0 Å². The average molecular weight is 496 g/mol. The zero-order chi connectivity index (χ0) is 25.5. The molecule has 37 heavy (non-hydrogen) atoms. The minimum absolute atomic E-state index is 0.745. The van der Waals surface area contributed by atoms with Gasteiger partial charge in [0.25, 0.3) is 0 Å². The number of fused-ring (bicyclic) bond motifs is 1. The fraction of sp³-hybridized carbons (Fsp3) is 0.333.